The van der Waals surface area contributed by atoms with Crippen molar-refractivity contribution in [2.24, 2.45) is 0 Å². The summed E-state index contributed by atoms with van der Waals surface area (Å²) in [5, 5.41) is 0. The van der Waals surface area contributed by atoms with Crippen LogP contribution in [0, 0.1) is 6.07 Å². The summed E-state index contributed by atoms with van der Waals surface area (Å²) >= 11 is 0. The van der Waals surface area contributed by atoms with Crippen LogP contribution in [-0.4, -0.2) is 13.0 Å². The molecule has 0 heterocycles. The van der Waals surface area contributed by atoms with Gasteiger partial charge in [0.25, 0.3) is 10.1 Å². The van der Waals surface area contributed by atoms with Crippen LogP contribution in [0.4, 0.5) is 11.4 Å². The molecular weight excluding hydrogens is 180 g/mol. The van der Waals surface area contributed by atoms with E-state index in [1.807, 2.05) is 0 Å². The molecule has 1 aromatic rings. The third kappa shape index (κ3) is 1.49. The number of hydrogen-bond acceptors (Lipinski definition) is 4. The molecule has 0 bridgehead atoms. The zero-order valence-corrected chi connectivity index (χ0v) is 6.80. The molecule has 0 spiro atoms. The van der Waals surface area contributed by atoms with Crippen LogP contribution in [0.25, 0.3) is 0 Å². The van der Waals surface area contributed by atoms with E-state index in [0.29, 0.717) is 0 Å². The number of rotatable bonds is 1. The molecule has 5 nitrogen and oxygen atoms in total. The average Bonchev–Trinajstić information content (AvgIpc) is 1.92. The van der Waals surface area contributed by atoms with Crippen LogP contribution >= 0.6 is 0 Å². The van der Waals surface area contributed by atoms with Gasteiger partial charge in [-0.3, -0.25) is 4.55 Å². The van der Waals surface area contributed by atoms with Crippen LogP contribution in [0.1, 0.15) is 0 Å². The van der Waals surface area contributed by atoms with Crippen LogP contribution in [-0.2, 0) is 10.1 Å². The number of hydrogen-bond donors (Lipinski definition) is 3. The van der Waals surface area contributed by atoms with Gasteiger partial charge in [-0.25, -0.2) is 0 Å². The molecule has 65 valence electrons. The minimum Gasteiger partial charge on any atom is -0.397 e. The summed E-state index contributed by atoms with van der Waals surface area (Å²) < 4.78 is 29.8. The minimum absolute atomic E-state index is 0.00475. The van der Waals surface area contributed by atoms with Crippen molar-refractivity contribution >= 4 is 21.5 Å². The molecule has 0 aliphatic carbocycles. The Labute approximate surface area is 69.7 Å². The molecule has 0 unspecified atom stereocenters. The summed E-state index contributed by atoms with van der Waals surface area (Å²) in [6.07, 6.45) is 0. The van der Waals surface area contributed by atoms with Gasteiger partial charge in [-0.1, -0.05) is 6.07 Å². The van der Waals surface area contributed by atoms with Crippen LogP contribution in [0.5, 0.6) is 0 Å². The zero-order chi connectivity index (χ0) is 9.35. The predicted octanol–water partition coefficient (Wildman–Crippen LogP) is -0.102. The number of nitrogen functional groups attached to an aromatic ring is 2. The Morgan fingerprint density at radius 3 is 2.42 bits per heavy atom. The van der Waals surface area contributed by atoms with Crippen molar-refractivity contribution in [3.05, 3.63) is 18.2 Å². The van der Waals surface area contributed by atoms with E-state index in [1.54, 1.807) is 0 Å². The molecule has 6 heteroatoms. The van der Waals surface area contributed by atoms with Gasteiger partial charge in [0.05, 0.1) is 11.4 Å². The van der Waals surface area contributed by atoms with Crippen LogP contribution < -0.4 is 11.5 Å². The Kier molecular flexibility index (Phi) is 1.95. The van der Waals surface area contributed by atoms with Crippen LogP contribution in [0.2, 0.25) is 0 Å². The summed E-state index contributed by atoms with van der Waals surface area (Å²) in [4.78, 5) is -0.390. The maximum absolute atomic E-state index is 10.6. The SMILES string of the molecule is Nc1[c]ccc(S(=O)(=O)O)c1N. The van der Waals surface area contributed by atoms with Crippen LogP contribution in [0.15, 0.2) is 17.0 Å². The van der Waals surface area contributed by atoms with E-state index in [1.165, 1.54) is 6.07 Å². The van der Waals surface area contributed by atoms with Gasteiger partial charge in [0.1, 0.15) is 4.90 Å². The second kappa shape index (κ2) is 2.65. The van der Waals surface area contributed by atoms with Crippen molar-refractivity contribution in [1.29, 1.82) is 0 Å². The Balaban J connectivity index is 3.47. The average molecular weight is 187 g/mol. The lowest BCUT2D eigenvalue weighted by atomic mass is 10.3. The van der Waals surface area contributed by atoms with Gasteiger partial charge in [-0.05, 0) is 6.07 Å². The molecule has 0 aromatic heterocycles. The fraction of sp³-hybridized carbons (Fsp3) is 0. The second-order valence-corrected chi connectivity index (χ2v) is 3.53. The summed E-state index contributed by atoms with van der Waals surface area (Å²) in [5.74, 6) is 0. The standard InChI is InChI=1S/C6H7N2O3S/c7-4-2-1-3-5(6(4)8)12(9,10)11/h1,3H,7-8H2,(H,9,10,11). The second-order valence-electron chi connectivity index (χ2n) is 2.14. The van der Waals surface area contributed by atoms with Gasteiger partial charge >= 0.3 is 0 Å². The summed E-state index contributed by atoms with van der Waals surface area (Å²) in [5.41, 5.74) is 10.4. The molecule has 12 heavy (non-hydrogen) atoms. The van der Waals surface area contributed by atoms with E-state index in [9.17, 15) is 8.42 Å². The maximum atomic E-state index is 10.6. The first kappa shape index (κ1) is 8.82. The molecule has 0 fully saturated rings. The van der Waals surface area contributed by atoms with E-state index >= 15 is 0 Å². The Morgan fingerprint density at radius 1 is 1.42 bits per heavy atom. The van der Waals surface area contributed by atoms with Gasteiger partial charge in [-0.15, -0.1) is 0 Å². The molecule has 0 aliphatic heterocycles. The lowest BCUT2D eigenvalue weighted by Gasteiger charge is -2.03. The molecule has 1 rings (SSSR count). The van der Waals surface area contributed by atoms with Crippen molar-refractivity contribution < 1.29 is 13.0 Å². The quantitative estimate of drug-likeness (QED) is 0.420. The van der Waals surface area contributed by atoms with Crippen molar-refractivity contribution in [1.82, 2.24) is 0 Å². The highest BCUT2D eigenvalue weighted by Gasteiger charge is 2.14. The van der Waals surface area contributed by atoms with Gasteiger partial charge in [-0.2, -0.15) is 8.42 Å². The molecule has 0 atom stereocenters. The van der Waals surface area contributed by atoms with Crippen molar-refractivity contribution in [3.63, 3.8) is 0 Å². The van der Waals surface area contributed by atoms with Crippen molar-refractivity contribution in [3.8, 4) is 0 Å². The molecule has 0 aliphatic rings. The fourth-order valence-electron chi connectivity index (χ4n) is 0.732. The first-order chi connectivity index (χ1) is 5.43. The predicted molar refractivity (Wildman–Crippen MR) is 43.9 cm³/mol. The Hall–Kier alpha value is -1.27. The van der Waals surface area contributed by atoms with Gasteiger partial charge in [0.2, 0.25) is 0 Å². The van der Waals surface area contributed by atoms with Gasteiger partial charge in [0.15, 0.2) is 0 Å². The van der Waals surface area contributed by atoms with E-state index in [0.717, 1.165) is 6.07 Å². The maximum Gasteiger partial charge on any atom is 0.296 e. The highest BCUT2D eigenvalue weighted by Crippen LogP contribution is 2.22. The lowest BCUT2D eigenvalue weighted by molar-refractivity contribution is 0.483. The fourth-order valence-corrected chi connectivity index (χ4v) is 1.36. The highest BCUT2D eigenvalue weighted by atomic mass is 32.2. The molecular formula is C6H7N2O3S. The van der Waals surface area contributed by atoms with Gasteiger partial charge < -0.3 is 11.5 Å². The van der Waals surface area contributed by atoms with E-state index in [2.05, 4.69) is 6.07 Å². The number of benzene rings is 1. The third-order valence-electron chi connectivity index (χ3n) is 1.31. The first-order valence-electron chi connectivity index (χ1n) is 2.96. The highest BCUT2D eigenvalue weighted by molar-refractivity contribution is 7.86. The monoisotopic (exact) mass is 187 g/mol. The minimum atomic E-state index is -4.28. The van der Waals surface area contributed by atoms with Crippen molar-refractivity contribution in [2.45, 2.75) is 4.90 Å². The van der Waals surface area contributed by atoms with E-state index < -0.39 is 15.0 Å². The molecule has 0 saturated heterocycles. The molecule has 1 aromatic carbocycles. The Bertz CT molecular complexity index is 399. The van der Waals surface area contributed by atoms with Crippen LogP contribution in [0.3, 0.4) is 0 Å². The summed E-state index contributed by atoms with van der Waals surface area (Å²) in [6, 6.07) is 4.89. The number of nitrogens with two attached hydrogens (primary N) is 2. The normalized spacial score (nSPS) is 11.4. The molecule has 0 saturated carbocycles. The topological polar surface area (TPSA) is 106 Å². The van der Waals surface area contributed by atoms with E-state index in [-0.39, 0.29) is 11.4 Å². The molecule has 0 amide bonds. The smallest absolute Gasteiger partial charge is 0.296 e. The molecule has 1 radical (unpaired) electrons. The third-order valence-corrected chi connectivity index (χ3v) is 2.22. The first-order valence-corrected chi connectivity index (χ1v) is 4.40. The van der Waals surface area contributed by atoms with Crippen molar-refractivity contribution in [2.75, 3.05) is 11.5 Å². The Morgan fingerprint density at radius 2 is 2.00 bits per heavy atom. The zero-order valence-electron chi connectivity index (χ0n) is 5.98. The summed E-state index contributed by atoms with van der Waals surface area (Å²) in [6.45, 7) is 0. The molecule has 5 N–H and O–H groups in total. The van der Waals surface area contributed by atoms with E-state index in [4.69, 9.17) is 16.0 Å². The summed E-state index contributed by atoms with van der Waals surface area (Å²) in [7, 11) is -4.28. The largest absolute Gasteiger partial charge is 0.397 e. The lowest BCUT2D eigenvalue weighted by Crippen LogP contribution is -2.05. The number of anilines is 2. The van der Waals surface area contributed by atoms with Gasteiger partial charge in [0, 0.05) is 6.07 Å².